The lowest BCUT2D eigenvalue weighted by Crippen LogP contribution is -2.06. The lowest BCUT2D eigenvalue weighted by molar-refractivity contribution is 0.0518. The molecule has 0 saturated carbocycles. The molecule has 0 aliphatic heterocycles. The number of aryl methyl sites for hydroxylation is 1. The maximum absolute atomic E-state index is 11.0. The van der Waals surface area contributed by atoms with Crippen LogP contribution in [0, 0.1) is 6.92 Å². The molecule has 0 aliphatic carbocycles. The fourth-order valence-corrected chi connectivity index (χ4v) is 0.671. The van der Waals surface area contributed by atoms with Gasteiger partial charge in [-0.1, -0.05) is 5.21 Å². The van der Waals surface area contributed by atoms with E-state index in [2.05, 4.69) is 15.4 Å². The first kappa shape index (κ1) is 7.71. The van der Waals surface area contributed by atoms with Gasteiger partial charge < -0.3 is 4.74 Å². The number of H-pyrrole nitrogens is 1. The molecule has 5 heteroatoms. The molecule has 0 amide bonds. The van der Waals surface area contributed by atoms with Crippen molar-refractivity contribution in [1.29, 1.82) is 0 Å². The Labute approximate surface area is 63.8 Å². The summed E-state index contributed by atoms with van der Waals surface area (Å²) >= 11 is 0. The number of nitrogens with zero attached hydrogens (tertiary/aromatic N) is 2. The van der Waals surface area contributed by atoms with Crippen LogP contribution in [0.25, 0.3) is 0 Å². The van der Waals surface area contributed by atoms with Crippen LogP contribution in [0.5, 0.6) is 0 Å². The van der Waals surface area contributed by atoms with Crippen molar-refractivity contribution in [3.8, 4) is 0 Å². The molecule has 0 atom stereocenters. The van der Waals surface area contributed by atoms with E-state index in [1.165, 1.54) is 0 Å². The van der Waals surface area contributed by atoms with Gasteiger partial charge in [-0.3, -0.25) is 5.10 Å². The van der Waals surface area contributed by atoms with Crippen LogP contribution in [-0.4, -0.2) is 28.0 Å². The summed E-state index contributed by atoms with van der Waals surface area (Å²) in [6.07, 6.45) is 0. The van der Waals surface area contributed by atoms with Crippen LogP contribution >= 0.6 is 0 Å². The largest absolute Gasteiger partial charge is 0.461 e. The minimum atomic E-state index is -0.432. The monoisotopic (exact) mass is 155 g/mol. The number of carbonyl (C=O) groups is 1. The van der Waals surface area contributed by atoms with E-state index in [-0.39, 0.29) is 5.69 Å². The Balaban J connectivity index is 2.76. The van der Waals surface area contributed by atoms with Gasteiger partial charge in [0.15, 0.2) is 5.69 Å². The van der Waals surface area contributed by atoms with Gasteiger partial charge in [-0.25, -0.2) is 4.79 Å². The second-order valence-corrected chi connectivity index (χ2v) is 2.01. The fourth-order valence-electron chi connectivity index (χ4n) is 0.671. The molecule has 5 nitrogen and oxygen atoms in total. The summed E-state index contributed by atoms with van der Waals surface area (Å²) < 4.78 is 4.71. The zero-order valence-corrected chi connectivity index (χ0v) is 6.42. The Bertz CT molecular complexity index is 256. The second kappa shape index (κ2) is 3.14. The van der Waals surface area contributed by atoms with Crippen molar-refractivity contribution in [3.63, 3.8) is 0 Å². The van der Waals surface area contributed by atoms with E-state index in [9.17, 15) is 4.79 Å². The summed E-state index contributed by atoms with van der Waals surface area (Å²) in [5, 5.41) is 9.55. The number of hydrogen-bond acceptors (Lipinski definition) is 4. The molecule has 0 unspecified atom stereocenters. The van der Waals surface area contributed by atoms with Crippen molar-refractivity contribution in [2.45, 2.75) is 13.8 Å². The molecule has 0 aromatic carbocycles. The molecular weight excluding hydrogens is 146 g/mol. The highest BCUT2D eigenvalue weighted by molar-refractivity contribution is 5.88. The molecule has 0 fully saturated rings. The molecule has 1 aromatic heterocycles. The molecule has 1 aromatic rings. The van der Waals surface area contributed by atoms with Gasteiger partial charge >= 0.3 is 5.97 Å². The highest BCUT2D eigenvalue weighted by Gasteiger charge is 2.12. The Morgan fingerprint density at radius 1 is 1.73 bits per heavy atom. The van der Waals surface area contributed by atoms with Gasteiger partial charge in [0.2, 0.25) is 0 Å². The van der Waals surface area contributed by atoms with Crippen molar-refractivity contribution >= 4 is 5.97 Å². The number of esters is 1. The van der Waals surface area contributed by atoms with Gasteiger partial charge in [0, 0.05) is 0 Å². The Kier molecular flexibility index (Phi) is 2.20. The maximum Gasteiger partial charge on any atom is 0.360 e. The predicted octanol–water partition coefficient (Wildman–Crippen LogP) is 0.290. The Morgan fingerprint density at radius 2 is 2.45 bits per heavy atom. The van der Waals surface area contributed by atoms with Crippen molar-refractivity contribution in [1.82, 2.24) is 15.4 Å². The van der Waals surface area contributed by atoms with E-state index in [1.807, 2.05) is 0 Å². The Morgan fingerprint density at radius 3 is 2.91 bits per heavy atom. The lowest BCUT2D eigenvalue weighted by Gasteiger charge is -1.96. The van der Waals surface area contributed by atoms with E-state index >= 15 is 0 Å². The zero-order chi connectivity index (χ0) is 8.27. The zero-order valence-electron chi connectivity index (χ0n) is 6.42. The van der Waals surface area contributed by atoms with Gasteiger partial charge in [-0.2, -0.15) is 0 Å². The quantitative estimate of drug-likeness (QED) is 0.623. The van der Waals surface area contributed by atoms with Gasteiger partial charge in [-0.15, -0.1) is 5.10 Å². The number of hydrogen-bond donors (Lipinski definition) is 1. The molecule has 60 valence electrons. The van der Waals surface area contributed by atoms with Gasteiger partial charge in [-0.05, 0) is 13.8 Å². The molecular formula is C6H9N3O2. The number of aromatic nitrogens is 3. The third-order valence-corrected chi connectivity index (χ3v) is 1.19. The number of ether oxygens (including phenoxy) is 1. The van der Waals surface area contributed by atoms with Crippen molar-refractivity contribution < 1.29 is 9.53 Å². The van der Waals surface area contributed by atoms with Gasteiger partial charge in [0.1, 0.15) is 0 Å². The number of rotatable bonds is 2. The summed E-state index contributed by atoms with van der Waals surface area (Å²) in [6, 6.07) is 0. The second-order valence-electron chi connectivity index (χ2n) is 2.01. The van der Waals surface area contributed by atoms with Gasteiger partial charge in [0.05, 0.1) is 12.3 Å². The van der Waals surface area contributed by atoms with Crippen LogP contribution in [0.4, 0.5) is 0 Å². The smallest absolute Gasteiger partial charge is 0.360 e. The Hall–Kier alpha value is -1.39. The summed E-state index contributed by atoms with van der Waals surface area (Å²) in [7, 11) is 0. The van der Waals surface area contributed by atoms with Crippen LogP contribution in [0.15, 0.2) is 0 Å². The highest BCUT2D eigenvalue weighted by atomic mass is 16.5. The first-order valence-corrected chi connectivity index (χ1v) is 3.30. The van der Waals surface area contributed by atoms with Crippen LogP contribution in [0.2, 0.25) is 0 Å². The van der Waals surface area contributed by atoms with Gasteiger partial charge in [0.25, 0.3) is 0 Å². The minimum Gasteiger partial charge on any atom is -0.461 e. The summed E-state index contributed by atoms with van der Waals surface area (Å²) in [5.41, 5.74) is 0.885. The molecule has 0 aliphatic rings. The molecule has 0 spiro atoms. The van der Waals surface area contributed by atoms with Crippen molar-refractivity contribution in [2.24, 2.45) is 0 Å². The van der Waals surface area contributed by atoms with Crippen LogP contribution in [-0.2, 0) is 4.74 Å². The molecule has 0 radical (unpaired) electrons. The van der Waals surface area contributed by atoms with E-state index in [0.717, 1.165) is 0 Å². The molecule has 11 heavy (non-hydrogen) atoms. The normalized spacial score (nSPS) is 9.64. The topological polar surface area (TPSA) is 67.9 Å². The number of carbonyl (C=O) groups excluding carboxylic acids is 1. The highest BCUT2D eigenvalue weighted by Crippen LogP contribution is 1.99. The number of nitrogens with one attached hydrogen (secondary N) is 1. The maximum atomic E-state index is 11.0. The van der Waals surface area contributed by atoms with Crippen molar-refractivity contribution in [3.05, 3.63) is 11.4 Å². The average Bonchev–Trinajstić information content (AvgIpc) is 2.36. The molecule has 0 saturated heterocycles. The van der Waals surface area contributed by atoms with Crippen LogP contribution in [0.1, 0.15) is 23.1 Å². The third kappa shape index (κ3) is 1.54. The standard InChI is InChI=1S/C6H9N3O2/c1-3-11-6(10)5-4(2)7-9-8-5/h3H2,1-2H3,(H,7,8,9). The van der Waals surface area contributed by atoms with E-state index in [1.54, 1.807) is 13.8 Å². The van der Waals surface area contributed by atoms with E-state index < -0.39 is 5.97 Å². The van der Waals surface area contributed by atoms with E-state index in [0.29, 0.717) is 12.3 Å². The molecule has 1 heterocycles. The fraction of sp³-hybridized carbons (Fsp3) is 0.500. The number of aromatic amines is 1. The first-order chi connectivity index (χ1) is 5.25. The first-order valence-electron chi connectivity index (χ1n) is 3.30. The van der Waals surface area contributed by atoms with Crippen LogP contribution in [0.3, 0.4) is 0 Å². The SMILES string of the molecule is CCOC(=O)c1nn[nH]c1C. The minimum absolute atomic E-state index is 0.256. The average molecular weight is 155 g/mol. The summed E-state index contributed by atoms with van der Waals surface area (Å²) in [4.78, 5) is 11.0. The summed E-state index contributed by atoms with van der Waals surface area (Å²) in [6.45, 7) is 3.81. The molecule has 1 rings (SSSR count). The molecule has 0 bridgehead atoms. The predicted molar refractivity (Wildman–Crippen MR) is 37.1 cm³/mol. The van der Waals surface area contributed by atoms with Crippen LogP contribution < -0.4 is 0 Å². The third-order valence-electron chi connectivity index (χ3n) is 1.19. The van der Waals surface area contributed by atoms with E-state index in [4.69, 9.17) is 4.74 Å². The lowest BCUT2D eigenvalue weighted by atomic mass is 10.3. The summed E-state index contributed by atoms with van der Waals surface area (Å²) in [5.74, 6) is -0.432. The molecule has 1 N–H and O–H groups in total. The van der Waals surface area contributed by atoms with Crippen molar-refractivity contribution in [2.75, 3.05) is 6.61 Å².